The summed E-state index contributed by atoms with van der Waals surface area (Å²) in [5, 5.41) is 19.1. The monoisotopic (exact) mass is 529 g/mol. The number of benzene rings is 3. The maximum atomic E-state index is 13.8. The number of phenols is 1. The Kier molecular flexibility index (Phi) is 7.43. The van der Waals surface area contributed by atoms with Crippen LogP contribution in [0.25, 0.3) is 11.3 Å². The number of phenolic OH excluding ortho intramolecular Hbond substituents is 1. The average molecular weight is 530 g/mol. The highest BCUT2D eigenvalue weighted by Gasteiger charge is 2.42. The molecular weight excluding hydrogens is 498 g/mol. The molecule has 1 amide bonds. The normalized spacial score (nSPS) is 14.7. The molecule has 196 valence electrons. The van der Waals surface area contributed by atoms with Gasteiger partial charge in [-0.25, -0.2) is 0 Å². The highest BCUT2D eigenvalue weighted by atomic mass is 35.5. The largest absolute Gasteiger partial charge is 0.507 e. The second-order valence-corrected chi connectivity index (χ2v) is 10.3. The number of hydrogen-bond acceptors (Lipinski definition) is 4. The summed E-state index contributed by atoms with van der Waals surface area (Å²) in [7, 11) is 0. The first-order valence-corrected chi connectivity index (χ1v) is 13.4. The minimum Gasteiger partial charge on any atom is -0.507 e. The molecule has 1 aliphatic heterocycles. The number of aromatic amines is 1. The standard InChI is InChI=1S/C31H32ClN3O3/c1-4-5-8-15-38-23-13-11-21(12-14-23)29-26-27(24-17-19(2)16-20(3)30(24)36)33-34-28(26)31(37)35(29)18-22-9-6-7-10-25(22)32/h6-7,9-14,16-17,29,36H,4-5,8,15,18H2,1-3H3,(H,33,34). The number of aryl methyl sites for hydroxylation is 2. The Morgan fingerprint density at radius 3 is 2.58 bits per heavy atom. The Hall–Kier alpha value is -3.77. The minimum atomic E-state index is -0.420. The lowest BCUT2D eigenvalue weighted by atomic mass is 9.94. The van der Waals surface area contributed by atoms with E-state index >= 15 is 0 Å². The van der Waals surface area contributed by atoms with Crippen molar-refractivity contribution < 1.29 is 14.6 Å². The number of nitrogens with zero attached hydrogens (tertiary/aromatic N) is 2. The molecule has 2 heterocycles. The number of hydrogen-bond donors (Lipinski definition) is 2. The molecule has 3 aromatic carbocycles. The lowest BCUT2D eigenvalue weighted by molar-refractivity contribution is 0.0730. The number of fused-ring (bicyclic) bond motifs is 1. The van der Waals surface area contributed by atoms with E-state index < -0.39 is 6.04 Å². The highest BCUT2D eigenvalue weighted by molar-refractivity contribution is 6.31. The van der Waals surface area contributed by atoms with Gasteiger partial charge in [0.15, 0.2) is 0 Å². The van der Waals surface area contributed by atoms with E-state index in [1.54, 1.807) is 0 Å². The van der Waals surface area contributed by atoms with E-state index in [1.165, 1.54) is 0 Å². The molecule has 0 aliphatic carbocycles. The van der Waals surface area contributed by atoms with E-state index in [2.05, 4.69) is 17.1 Å². The van der Waals surface area contributed by atoms with Crippen LogP contribution in [0.3, 0.4) is 0 Å². The summed E-state index contributed by atoms with van der Waals surface area (Å²) >= 11 is 6.50. The minimum absolute atomic E-state index is 0.160. The Morgan fingerprint density at radius 2 is 1.84 bits per heavy atom. The molecule has 0 spiro atoms. The van der Waals surface area contributed by atoms with Crippen molar-refractivity contribution in [3.8, 4) is 22.8 Å². The van der Waals surface area contributed by atoms with Crippen molar-refractivity contribution in [2.45, 2.75) is 52.6 Å². The van der Waals surface area contributed by atoms with Crippen LogP contribution < -0.4 is 4.74 Å². The maximum Gasteiger partial charge on any atom is 0.273 e. The zero-order valence-corrected chi connectivity index (χ0v) is 22.7. The summed E-state index contributed by atoms with van der Waals surface area (Å²) < 4.78 is 5.93. The van der Waals surface area contributed by atoms with E-state index in [0.29, 0.717) is 35.1 Å². The van der Waals surface area contributed by atoms with E-state index in [9.17, 15) is 9.90 Å². The number of unbranched alkanes of at least 4 members (excludes halogenated alkanes) is 2. The molecule has 1 aliphatic rings. The second-order valence-electron chi connectivity index (χ2n) is 9.89. The third-order valence-electron chi connectivity index (χ3n) is 7.07. The van der Waals surface area contributed by atoms with Crippen LogP contribution in [0.4, 0.5) is 0 Å². The SMILES string of the molecule is CCCCCOc1ccc(C2c3c(-c4cc(C)cc(C)c4O)n[nH]c3C(=O)N2Cc2ccccc2Cl)cc1. The number of ether oxygens (including phenoxy) is 1. The van der Waals surface area contributed by atoms with Gasteiger partial charge in [-0.05, 0) is 66.8 Å². The van der Waals surface area contributed by atoms with Crippen LogP contribution in [0, 0.1) is 13.8 Å². The van der Waals surface area contributed by atoms with Crippen LogP contribution in [0.1, 0.15) is 70.5 Å². The number of H-pyrrole nitrogens is 1. The van der Waals surface area contributed by atoms with Gasteiger partial charge in [0.1, 0.15) is 22.9 Å². The summed E-state index contributed by atoms with van der Waals surface area (Å²) in [6.45, 7) is 7.02. The van der Waals surface area contributed by atoms with E-state index in [4.69, 9.17) is 16.3 Å². The molecule has 0 fully saturated rings. The summed E-state index contributed by atoms with van der Waals surface area (Å²) in [6, 6.07) is 18.9. The first-order valence-electron chi connectivity index (χ1n) is 13.0. The molecule has 5 rings (SSSR count). The fraction of sp³-hybridized carbons (Fsp3) is 0.290. The van der Waals surface area contributed by atoms with E-state index in [1.807, 2.05) is 79.4 Å². The Morgan fingerprint density at radius 1 is 1.08 bits per heavy atom. The van der Waals surface area contributed by atoms with Gasteiger partial charge in [-0.1, -0.05) is 67.8 Å². The van der Waals surface area contributed by atoms with Gasteiger partial charge in [0.25, 0.3) is 5.91 Å². The predicted octanol–water partition coefficient (Wildman–Crippen LogP) is 7.37. The van der Waals surface area contributed by atoms with Crippen LogP contribution in [0.5, 0.6) is 11.5 Å². The maximum absolute atomic E-state index is 13.8. The highest BCUT2D eigenvalue weighted by Crippen LogP contribution is 2.46. The molecule has 1 aromatic heterocycles. The molecule has 38 heavy (non-hydrogen) atoms. The number of carbonyl (C=O) groups is 1. The molecule has 4 aromatic rings. The number of carbonyl (C=O) groups excluding carboxylic acids is 1. The van der Waals surface area contributed by atoms with Crippen LogP contribution in [-0.4, -0.2) is 32.7 Å². The van der Waals surface area contributed by atoms with Crippen LogP contribution in [-0.2, 0) is 6.54 Å². The summed E-state index contributed by atoms with van der Waals surface area (Å²) in [6.07, 6.45) is 3.30. The van der Waals surface area contributed by atoms with Crippen LogP contribution in [0.2, 0.25) is 5.02 Å². The topological polar surface area (TPSA) is 78.5 Å². The summed E-state index contributed by atoms with van der Waals surface area (Å²) in [5.74, 6) is 0.801. The van der Waals surface area contributed by atoms with Gasteiger partial charge < -0.3 is 14.7 Å². The van der Waals surface area contributed by atoms with Crippen molar-refractivity contribution in [3.05, 3.63) is 99.2 Å². The molecule has 0 bridgehead atoms. The smallest absolute Gasteiger partial charge is 0.273 e. The van der Waals surface area contributed by atoms with Gasteiger partial charge in [0.05, 0.1) is 12.6 Å². The van der Waals surface area contributed by atoms with Gasteiger partial charge >= 0.3 is 0 Å². The lowest BCUT2D eigenvalue weighted by Crippen LogP contribution is -2.29. The van der Waals surface area contributed by atoms with Crippen molar-refractivity contribution in [2.24, 2.45) is 0 Å². The molecule has 1 unspecified atom stereocenters. The van der Waals surface area contributed by atoms with E-state index in [0.717, 1.165) is 52.8 Å². The van der Waals surface area contributed by atoms with Crippen molar-refractivity contribution in [1.29, 1.82) is 0 Å². The molecule has 2 N–H and O–H groups in total. The fourth-order valence-electron chi connectivity index (χ4n) is 5.15. The molecular formula is C31H32ClN3O3. The van der Waals surface area contributed by atoms with Gasteiger partial charge in [0.2, 0.25) is 0 Å². The van der Waals surface area contributed by atoms with Crippen molar-refractivity contribution >= 4 is 17.5 Å². The Balaban J connectivity index is 1.58. The Bertz CT molecular complexity index is 1460. The first-order chi connectivity index (χ1) is 18.4. The predicted molar refractivity (Wildman–Crippen MR) is 150 cm³/mol. The number of rotatable bonds is 9. The van der Waals surface area contributed by atoms with Gasteiger partial charge in [0, 0.05) is 22.7 Å². The van der Waals surface area contributed by atoms with Crippen LogP contribution in [0.15, 0.2) is 60.7 Å². The molecule has 7 heteroatoms. The van der Waals surface area contributed by atoms with Crippen molar-refractivity contribution in [2.75, 3.05) is 6.61 Å². The third kappa shape index (κ3) is 4.88. The number of halogens is 1. The zero-order valence-electron chi connectivity index (χ0n) is 21.9. The third-order valence-corrected chi connectivity index (χ3v) is 7.44. The second kappa shape index (κ2) is 10.9. The van der Waals surface area contributed by atoms with Gasteiger partial charge in [-0.15, -0.1) is 0 Å². The quantitative estimate of drug-likeness (QED) is 0.222. The number of aromatic nitrogens is 2. The average Bonchev–Trinajstić information content (AvgIpc) is 3.45. The Labute approximate surface area is 228 Å². The fourth-order valence-corrected chi connectivity index (χ4v) is 5.35. The summed E-state index contributed by atoms with van der Waals surface area (Å²) in [4.78, 5) is 15.6. The molecule has 0 radical (unpaired) electrons. The van der Waals surface area contributed by atoms with Crippen molar-refractivity contribution in [1.82, 2.24) is 15.1 Å². The summed E-state index contributed by atoms with van der Waals surface area (Å²) in [5.41, 5.74) is 5.90. The zero-order chi connectivity index (χ0) is 26.8. The van der Waals surface area contributed by atoms with Gasteiger partial charge in [-0.3, -0.25) is 9.89 Å². The van der Waals surface area contributed by atoms with E-state index in [-0.39, 0.29) is 11.7 Å². The number of aromatic hydroxyl groups is 1. The van der Waals surface area contributed by atoms with Gasteiger partial charge in [-0.2, -0.15) is 5.10 Å². The van der Waals surface area contributed by atoms with Crippen LogP contribution >= 0.6 is 11.6 Å². The molecule has 6 nitrogen and oxygen atoms in total. The number of amides is 1. The number of nitrogens with one attached hydrogen (secondary N) is 1. The first kappa shape index (κ1) is 25.9. The molecule has 0 saturated heterocycles. The lowest BCUT2D eigenvalue weighted by Gasteiger charge is -2.27. The molecule has 0 saturated carbocycles. The molecule has 1 atom stereocenters. The van der Waals surface area contributed by atoms with Crippen molar-refractivity contribution in [3.63, 3.8) is 0 Å².